The Labute approximate surface area is 90.9 Å². The van der Waals surface area contributed by atoms with Crippen LogP contribution >= 0.6 is 0 Å². The van der Waals surface area contributed by atoms with E-state index in [1.807, 2.05) is 13.8 Å². The number of carbonyl (C=O) groups is 1. The van der Waals surface area contributed by atoms with Crippen molar-refractivity contribution in [1.82, 2.24) is 0 Å². The van der Waals surface area contributed by atoms with Gasteiger partial charge in [0.1, 0.15) is 0 Å². The molecular weight excluding hydrogens is 196 g/mol. The van der Waals surface area contributed by atoms with Crippen LogP contribution in [-0.4, -0.2) is 32.6 Å². The zero-order chi connectivity index (χ0) is 11.5. The Bertz CT molecular complexity index is 219. The van der Waals surface area contributed by atoms with Gasteiger partial charge in [-0.05, 0) is 32.6 Å². The molecule has 0 aromatic carbocycles. The number of ether oxygens (including phenoxy) is 3. The van der Waals surface area contributed by atoms with Crippen molar-refractivity contribution in [3.8, 4) is 0 Å². The van der Waals surface area contributed by atoms with Crippen molar-refractivity contribution < 1.29 is 19.0 Å². The molecule has 1 rings (SSSR count). The molecule has 0 spiro atoms. The van der Waals surface area contributed by atoms with Gasteiger partial charge in [0.05, 0.1) is 19.6 Å². The van der Waals surface area contributed by atoms with E-state index in [0.717, 1.165) is 12.8 Å². The monoisotopic (exact) mass is 216 g/mol. The van der Waals surface area contributed by atoms with Crippen molar-refractivity contribution in [2.45, 2.75) is 32.5 Å². The largest absolute Gasteiger partial charge is 0.469 e. The average molecular weight is 216 g/mol. The lowest BCUT2D eigenvalue weighted by Gasteiger charge is -2.35. The predicted molar refractivity (Wildman–Crippen MR) is 55.3 cm³/mol. The van der Waals surface area contributed by atoms with Crippen molar-refractivity contribution in [3.63, 3.8) is 0 Å². The summed E-state index contributed by atoms with van der Waals surface area (Å²) in [5.74, 6) is -0.0916. The first-order valence-corrected chi connectivity index (χ1v) is 5.25. The maximum absolute atomic E-state index is 11.1. The topological polar surface area (TPSA) is 44.8 Å². The molecule has 0 radical (unpaired) electrons. The summed E-state index contributed by atoms with van der Waals surface area (Å²) in [6.45, 7) is 4.40. The Morgan fingerprint density at radius 2 is 1.93 bits per heavy atom. The lowest BCUT2D eigenvalue weighted by atomic mass is 9.75. The summed E-state index contributed by atoms with van der Waals surface area (Å²) in [6.07, 6.45) is 1.74. The molecule has 88 valence electrons. The second-order valence-corrected chi connectivity index (χ2v) is 4.47. The zero-order valence-corrected chi connectivity index (χ0v) is 9.91. The Balaban J connectivity index is 2.16. The fourth-order valence-corrected chi connectivity index (χ4v) is 1.61. The van der Waals surface area contributed by atoms with E-state index in [2.05, 4.69) is 4.74 Å². The quantitative estimate of drug-likeness (QED) is 0.517. The molecule has 0 atom stereocenters. The summed E-state index contributed by atoms with van der Waals surface area (Å²) in [4.78, 5) is 11.1. The summed E-state index contributed by atoms with van der Waals surface area (Å²) in [5, 5.41) is 0. The zero-order valence-electron chi connectivity index (χ0n) is 9.91. The molecule has 0 heterocycles. The van der Waals surface area contributed by atoms with Gasteiger partial charge in [0.25, 0.3) is 0 Å². The highest BCUT2D eigenvalue weighted by atomic mass is 16.7. The Hall–Kier alpha value is -0.610. The van der Waals surface area contributed by atoms with Gasteiger partial charge in [-0.2, -0.15) is 0 Å². The van der Waals surface area contributed by atoms with Crippen molar-refractivity contribution in [1.29, 1.82) is 0 Å². The summed E-state index contributed by atoms with van der Waals surface area (Å²) in [7, 11) is 3.05. The highest BCUT2D eigenvalue weighted by Gasteiger charge is 2.36. The van der Waals surface area contributed by atoms with Crippen LogP contribution in [0.1, 0.15) is 26.7 Å². The predicted octanol–water partition coefficient (Wildman–Crippen LogP) is 1.58. The molecule has 0 amide bonds. The molecule has 1 saturated carbocycles. The van der Waals surface area contributed by atoms with Gasteiger partial charge in [0.15, 0.2) is 5.79 Å². The van der Waals surface area contributed by atoms with E-state index in [1.165, 1.54) is 7.11 Å². The minimum Gasteiger partial charge on any atom is -0.469 e. The van der Waals surface area contributed by atoms with Gasteiger partial charge in [-0.1, -0.05) is 0 Å². The second-order valence-electron chi connectivity index (χ2n) is 4.47. The maximum Gasteiger partial charge on any atom is 0.308 e. The Morgan fingerprint density at radius 1 is 1.33 bits per heavy atom. The minimum absolute atomic E-state index is 0.0780. The third-order valence-corrected chi connectivity index (χ3v) is 2.93. The Kier molecular flexibility index (Phi) is 4.11. The van der Waals surface area contributed by atoms with Gasteiger partial charge in [-0.15, -0.1) is 0 Å². The molecule has 1 aliphatic rings. The molecule has 0 unspecified atom stereocenters. The smallest absolute Gasteiger partial charge is 0.308 e. The van der Waals surface area contributed by atoms with Gasteiger partial charge < -0.3 is 14.2 Å². The molecule has 4 nitrogen and oxygen atoms in total. The lowest BCUT2D eigenvalue weighted by molar-refractivity contribution is -0.209. The molecule has 0 aromatic rings. The van der Waals surface area contributed by atoms with Crippen LogP contribution in [0.2, 0.25) is 0 Å². The maximum atomic E-state index is 11.1. The summed E-state index contributed by atoms with van der Waals surface area (Å²) in [6, 6.07) is 0. The second kappa shape index (κ2) is 4.94. The van der Waals surface area contributed by atoms with Crippen LogP contribution in [0.5, 0.6) is 0 Å². The molecule has 1 fully saturated rings. The molecule has 0 N–H and O–H groups in total. The standard InChI is InChI=1S/C11H20O4/c1-11(2,14-4)15-7-8-5-9(6-8)10(12)13-3/h8-9H,5-7H2,1-4H3. The van der Waals surface area contributed by atoms with Gasteiger partial charge in [0, 0.05) is 7.11 Å². The van der Waals surface area contributed by atoms with E-state index >= 15 is 0 Å². The fraction of sp³-hybridized carbons (Fsp3) is 0.909. The normalized spacial score (nSPS) is 25.9. The number of carbonyl (C=O) groups excluding carboxylic acids is 1. The van der Waals surface area contributed by atoms with E-state index in [4.69, 9.17) is 9.47 Å². The van der Waals surface area contributed by atoms with Crippen molar-refractivity contribution in [3.05, 3.63) is 0 Å². The first-order valence-electron chi connectivity index (χ1n) is 5.25. The molecule has 1 aliphatic carbocycles. The van der Waals surface area contributed by atoms with E-state index in [9.17, 15) is 4.79 Å². The van der Waals surface area contributed by atoms with Crippen LogP contribution in [0.3, 0.4) is 0 Å². The molecule has 0 aliphatic heterocycles. The number of hydrogen-bond donors (Lipinski definition) is 0. The van der Waals surface area contributed by atoms with Crippen LogP contribution in [-0.2, 0) is 19.0 Å². The number of rotatable bonds is 5. The number of esters is 1. The molecular formula is C11H20O4. The first-order chi connectivity index (χ1) is 6.98. The van der Waals surface area contributed by atoms with E-state index < -0.39 is 5.79 Å². The number of methoxy groups -OCH3 is 2. The summed E-state index contributed by atoms with van der Waals surface area (Å²) >= 11 is 0. The van der Waals surface area contributed by atoms with Crippen molar-refractivity contribution in [2.75, 3.05) is 20.8 Å². The number of hydrogen-bond acceptors (Lipinski definition) is 4. The van der Waals surface area contributed by atoms with Gasteiger partial charge in [0.2, 0.25) is 0 Å². The fourth-order valence-electron chi connectivity index (χ4n) is 1.61. The summed E-state index contributed by atoms with van der Waals surface area (Å²) in [5.41, 5.74) is 0. The first kappa shape index (κ1) is 12.5. The Morgan fingerprint density at radius 3 is 2.40 bits per heavy atom. The van der Waals surface area contributed by atoms with Gasteiger partial charge >= 0.3 is 5.97 Å². The van der Waals surface area contributed by atoms with E-state index in [1.54, 1.807) is 7.11 Å². The van der Waals surface area contributed by atoms with Crippen LogP contribution in [0.15, 0.2) is 0 Å². The third kappa shape index (κ3) is 3.47. The van der Waals surface area contributed by atoms with Crippen LogP contribution in [0, 0.1) is 11.8 Å². The van der Waals surface area contributed by atoms with Gasteiger partial charge in [-0.3, -0.25) is 4.79 Å². The van der Waals surface area contributed by atoms with Crippen LogP contribution in [0.4, 0.5) is 0 Å². The van der Waals surface area contributed by atoms with Crippen molar-refractivity contribution >= 4 is 5.97 Å². The summed E-state index contributed by atoms with van der Waals surface area (Å²) < 4.78 is 15.4. The third-order valence-electron chi connectivity index (χ3n) is 2.93. The van der Waals surface area contributed by atoms with E-state index in [-0.39, 0.29) is 11.9 Å². The lowest BCUT2D eigenvalue weighted by Crippen LogP contribution is -2.37. The van der Waals surface area contributed by atoms with E-state index in [0.29, 0.717) is 12.5 Å². The molecule has 0 saturated heterocycles. The minimum atomic E-state index is -0.531. The highest BCUT2D eigenvalue weighted by Crippen LogP contribution is 2.35. The van der Waals surface area contributed by atoms with Crippen molar-refractivity contribution in [2.24, 2.45) is 11.8 Å². The van der Waals surface area contributed by atoms with Crippen LogP contribution in [0.25, 0.3) is 0 Å². The molecule has 15 heavy (non-hydrogen) atoms. The van der Waals surface area contributed by atoms with Gasteiger partial charge in [-0.25, -0.2) is 0 Å². The highest BCUT2D eigenvalue weighted by molar-refractivity contribution is 5.73. The molecule has 0 aromatic heterocycles. The SMILES string of the molecule is COC(=O)C1CC(COC(C)(C)OC)C1. The molecule has 0 bridgehead atoms. The average Bonchev–Trinajstić information content (AvgIpc) is 2.14. The van der Waals surface area contributed by atoms with Crippen LogP contribution < -0.4 is 0 Å². The molecule has 4 heteroatoms.